The van der Waals surface area contributed by atoms with E-state index >= 15 is 0 Å². The lowest BCUT2D eigenvalue weighted by atomic mass is 10.1. The highest BCUT2D eigenvalue weighted by Crippen LogP contribution is 2.15. The van der Waals surface area contributed by atoms with E-state index in [1.54, 1.807) is 24.7 Å². The molecule has 3 rings (SSSR count). The molecule has 0 aromatic carbocycles. The summed E-state index contributed by atoms with van der Waals surface area (Å²) >= 11 is 0. The molecule has 0 radical (unpaired) electrons. The number of aromatic amines is 1. The summed E-state index contributed by atoms with van der Waals surface area (Å²) < 4.78 is 5.68. The number of H-pyrrole nitrogens is 1. The Bertz CT molecular complexity index is 706. The molecule has 2 aromatic heterocycles. The van der Waals surface area contributed by atoms with Gasteiger partial charge in [0, 0.05) is 37.7 Å². The summed E-state index contributed by atoms with van der Waals surface area (Å²) in [4.78, 5) is 21.4. The number of carbonyl (C=O) groups is 1. The van der Waals surface area contributed by atoms with Crippen LogP contribution in [0.4, 0.5) is 0 Å². The van der Waals surface area contributed by atoms with E-state index in [0.717, 1.165) is 6.54 Å². The molecular formula is C20H26N4O2. The first-order valence-corrected chi connectivity index (χ1v) is 9.17. The van der Waals surface area contributed by atoms with Crippen LogP contribution in [0.5, 0.6) is 5.88 Å². The van der Waals surface area contributed by atoms with Gasteiger partial charge in [0.05, 0.1) is 5.56 Å². The van der Waals surface area contributed by atoms with Crippen LogP contribution < -0.4 is 10.1 Å². The quantitative estimate of drug-likeness (QED) is 0.715. The van der Waals surface area contributed by atoms with E-state index in [1.165, 1.54) is 37.9 Å². The summed E-state index contributed by atoms with van der Waals surface area (Å²) in [6.07, 6.45) is 12.9. The van der Waals surface area contributed by atoms with Gasteiger partial charge in [0.2, 0.25) is 5.88 Å². The number of nitrogens with one attached hydrogen (secondary N) is 2. The first kappa shape index (κ1) is 18.2. The minimum atomic E-state index is -0.0936. The molecule has 2 N–H and O–H groups in total. The third-order valence-corrected chi connectivity index (χ3v) is 4.39. The van der Waals surface area contributed by atoms with Crippen molar-refractivity contribution in [2.75, 3.05) is 26.2 Å². The number of nitrogens with zero attached hydrogens (tertiary/aromatic N) is 2. The fourth-order valence-electron chi connectivity index (χ4n) is 3.01. The normalized spacial score (nSPS) is 15.2. The van der Waals surface area contributed by atoms with Gasteiger partial charge < -0.3 is 15.0 Å². The van der Waals surface area contributed by atoms with Gasteiger partial charge in [0.25, 0.3) is 5.91 Å². The second-order valence-corrected chi connectivity index (χ2v) is 6.43. The number of amides is 1. The van der Waals surface area contributed by atoms with Gasteiger partial charge >= 0.3 is 0 Å². The fraction of sp³-hybridized carbons (Fsp3) is 0.400. The van der Waals surface area contributed by atoms with E-state index in [0.29, 0.717) is 24.6 Å². The number of hydrogen-bond acceptors (Lipinski definition) is 4. The maximum Gasteiger partial charge on any atom is 0.253 e. The Morgan fingerprint density at radius 2 is 2.15 bits per heavy atom. The van der Waals surface area contributed by atoms with Crippen LogP contribution in [0.1, 0.15) is 35.2 Å². The van der Waals surface area contributed by atoms with Crippen LogP contribution in [0.15, 0.2) is 48.9 Å². The summed E-state index contributed by atoms with van der Waals surface area (Å²) in [7, 11) is 0. The highest BCUT2D eigenvalue weighted by Gasteiger charge is 2.10. The maximum absolute atomic E-state index is 11.8. The van der Waals surface area contributed by atoms with Crippen LogP contribution in [-0.2, 0) is 6.54 Å². The number of ether oxygens (including phenoxy) is 1. The van der Waals surface area contributed by atoms with Gasteiger partial charge in [-0.2, -0.15) is 0 Å². The molecule has 0 unspecified atom stereocenters. The van der Waals surface area contributed by atoms with Gasteiger partial charge in [-0.15, -0.1) is 0 Å². The Morgan fingerprint density at radius 3 is 2.96 bits per heavy atom. The number of pyridine rings is 1. The van der Waals surface area contributed by atoms with Gasteiger partial charge in [-0.05, 0) is 49.7 Å². The summed E-state index contributed by atoms with van der Waals surface area (Å²) in [6, 6.07) is 5.80. The highest BCUT2D eigenvalue weighted by molar-refractivity contribution is 5.93. The van der Waals surface area contributed by atoms with E-state index in [1.807, 2.05) is 24.3 Å². The van der Waals surface area contributed by atoms with Crippen molar-refractivity contribution < 1.29 is 9.53 Å². The van der Waals surface area contributed by atoms with Crippen molar-refractivity contribution >= 4 is 5.91 Å². The minimum absolute atomic E-state index is 0.0936. The van der Waals surface area contributed by atoms with Crippen molar-refractivity contribution in [2.24, 2.45) is 0 Å². The number of likely N-dealkylation sites (tertiary alicyclic amines) is 1. The number of rotatable bonds is 8. The Kier molecular flexibility index (Phi) is 6.84. The molecule has 26 heavy (non-hydrogen) atoms. The second-order valence-electron chi connectivity index (χ2n) is 6.43. The number of hydrogen-bond donors (Lipinski definition) is 2. The standard InChI is InChI=1S/C20H26N4O2/c25-20(18-7-9-21-15-18)23-8-2-5-13-26-19-14-17(6-10-22-19)16-24-11-3-1-4-12-24/h2,5-7,9-10,14-15,21H,1,3-4,8,11-13,16H2,(H,23,25). The zero-order chi connectivity index (χ0) is 18.0. The smallest absolute Gasteiger partial charge is 0.253 e. The van der Waals surface area contributed by atoms with Gasteiger partial charge in [0.15, 0.2) is 0 Å². The number of carbonyl (C=O) groups excluding carboxylic acids is 1. The number of piperidine rings is 1. The summed E-state index contributed by atoms with van der Waals surface area (Å²) in [5.41, 5.74) is 1.86. The van der Waals surface area contributed by atoms with Crippen LogP contribution in [-0.4, -0.2) is 47.0 Å². The van der Waals surface area contributed by atoms with Gasteiger partial charge in [0.1, 0.15) is 6.61 Å². The molecule has 0 saturated carbocycles. The zero-order valence-electron chi connectivity index (χ0n) is 15.0. The molecule has 1 aliphatic rings. The molecular weight excluding hydrogens is 328 g/mol. The van der Waals surface area contributed by atoms with Crippen LogP contribution in [0.3, 0.4) is 0 Å². The molecule has 6 nitrogen and oxygen atoms in total. The van der Waals surface area contributed by atoms with Crippen molar-refractivity contribution in [3.05, 3.63) is 60.1 Å². The van der Waals surface area contributed by atoms with Crippen molar-refractivity contribution in [2.45, 2.75) is 25.8 Å². The molecule has 138 valence electrons. The van der Waals surface area contributed by atoms with Crippen molar-refractivity contribution in [1.29, 1.82) is 0 Å². The van der Waals surface area contributed by atoms with Crippen LogP contribution in [0.2, 0.25) is 0 Å². The minimum Gasteiger partial charge on any atom is -0.473 e. The van der Waals surface area contributed by atoms with Gasteiger partial charge in [-0.1, -0.05) is 12.5 Å². The van der Waals surface area contributed by atoms with E-state index < -0.39 is 0 Å². The zero-order valence-corrected chi connectivity index (χ0v) is 15.0. The largest absolute Gasteiger partial charge is 0.473 e. The van der Waals surface area contributed by atoms with E-state index in [9.17, 15) is 4.79 Å². The molecule has 6 heteroatoms. The molecule has 3 heterocycles. The monoisotopic (exact) mass is 354 g/mol. The molecule has 0 aliphatic carbocycles. The molecule has 1 fully saturated rings. The third-order valence-electron chi connectivity index (χ3n) is 4.39. The van der Waals surface area contributed by atoms with E-state index in [2.05, 4.69) is 20.2 Å². The lowest BCUT2D eigenvalue weighted by molar-refractivity contribution is 0.0958. The molecule has 1 aliphatic heterocycles. The van der Waals surface area contributed by atoms with Crippen LogP contribution in [0.25, 0.3) is 0 Å². The first-order valence-electron chi connectivity index (χ1n) is 9.17. The SMILES string of the molecule is O=C(NCC=CCOc1cc(CN2CCCCC2)ccn1)c1cc[nH]c1. The second kappa shape index (κ2) is 9.77. The van der Waals surface area contributed by atoms with Crippen LogP contribution >= 0.6 is 0 Å². The van der Waals surface area contributed by atoms with E-state index in [4.69, 9.17) is 4.74 Å². The lowest BCUT2D eigenvalue weighted by Crippen LogP contribution is -2.29. The highest BCUT2D eigenvalue weighted by atomic mass is 16.5. The molecule has 1 amide bonds. The Balaban J connectivity index is 1.37. The van der Waals surface area contributed by atoms with Crippen molar-refractivity contribution in [3.8, 4) is 5.88 Å². The average Bonchev–Trinajstić information content (AvgIpc) is 3.20. The third kappa shape index (κ3) is 5.74. The predicted octanol–water partition coefficient (Wildman–Crippen LogP) is 2.76. The lowest BCUT2D eigenvalue weighted by Gasteiger charge is -2.26. The molecule has 0 spiro atoms. The van der Waals surface area contributed by atoms with Gasteiger partial charge in [-0.3, -0.25) is 9.69 Å². The maximum atomic E-state index is 11.8. The topological polar surface area (TPSA) is 70.2 Å². The Labute approximate surface area is 154 Å². The Hall–Kier alpha value is -2.60. The molecule has 1 saturated heterocycles. The molecule has 0 bridgehead atoms. The average molecular weight is 354 g/mol. The molecule has 2 aromatic rings. The summed E-state index contributed by atoms with van der Waals surface area (Å²) in [6.45, 7) is 4.21. The first-order chi connectivity index (χ1) is 12.8. The summed E-state index contributed by atoms with van der Waals surface area (Å²) in [5.74, 6) is 0.546. The van der Waals surface area contributed by atoms with E-state index in [-0.39, 0.29) is 5.91 Å². The fourth-order valence-corrected chi connectivity index (χ4v) is 3.01. The Morgan fingerprint density at radius 1 is 1.27 bits per heavy atom. The van der Waals surface area contributed by atoms with Crippen LogP contribution in [0, 0.1) is 0 Å². The van der Waals surface area contributed by atoms with Crippen molar-refractivity contribution in [1.82, 2.24) is 20.2 Å². The summed E-state index contributed by atoms with van der Waals surface area (Å²) in [5, 5.41) is 2.82. The number of aromatic nitrogens is 2. The van der Waals surface area contributed by atoms with Crippen molar-refractivity contribution in [3.63, 3.8) is 0 Å². The predicted molar refractivity (Wildman–Crippen MR) is 101 cm³/mol. The van der Waals surface area contributed by atoms with Gasteiger partial charge in [-0.25, -0.2) is 4.98 Å². The molecule has 0 atom stereocenters.